The van der Waals surface area contributed by atoms with Crippen molar-refractivity contribution in [2.24, 2.45) is 0 Å². The highest BCUT2D eigenvalue weighted by Gasteiger charge is 2.13. The SMILES string of the molecule is Cc1ccccc1CNC(=O)Nc1cccc(-c2cn3c(n2)CCCC3)c1. The summed E-state index contributed by atoms with van der Waals surface area (Å²) in [4.78, 5) is 17.0. The predicted octanol–water partition coefficient (Wildman–Crippen LogP) is 4.52. The van der Waals surface area contributed by atoms with Crippen molar-refractivity contribution in [3.63, 3.8) is 0 Å². The van der Waals surface area contributed by atoms with E-state index in [0.717, 1.165) is 41.3 Å². The van der Waals surface area contributed by atoms with E-state index in [1.807, 2.05) is 55.5 Å². The molecule has 2 heterocycles. The Bertz CT molecular complexity index is 937. The second-order valence-corrected chi connectivity index (χ2v) is 7.01. The van der Waals surface area contributed by atoms with Gasteiger partial charge in [0.2, 0.25) is 0 Å². The molecule has 4 rings (SSSR count). The zero-order valence-electron chi connectivity index (χ0n) is 15.5. The van der Waals surface area contributed by atoms with Gasteiger partial charge in [0, 0.05) is 37.0 Å². The molecule has 0 fully saturated rings. The van der Waals surface area contributed by atoms with Gasteiger partial charge >= 0.3 is 6.03 Å². The molecule has 0 saturated carbocycles. The molecule has 0 radical (unpaired) electrons. The van der Waals surface area contributed by atoms with Crippen molar-refractivity contribution in [1.29, 1.82) is 0 Å². The van der Waals surface area contributed by atoms with Crippen LogP contribution in [0, 0.1) is 6.92 Å². The number of nitrogens with zero attached hydrogens (tertiary/aromatic N) is 2. The van der Waals surface area contributed by atoms with Crippen LogP contribution in [0.5, 0.6) is 0 Å². The number of carbonyl (C=O) groups is 1. The minimum absolute atomic E-state index is 0.209. The number of imidazole rings is 1. The minimum atomic E-state index is -0.209. The third-order valence-electron chi connectivity index (χ3n) is 5.03. The summed E-state index contributed by atoms with van der Waals surface area (Å²) < 4.78 is 2.24. The van der Waals surface area contributed by atoms with Gasteiger partial charge < -0.3 is 15.2 Å². The molecule has 2 amide bonds. The Labute approximate surface area is 159 Å². The van der Waals surface area contributed by atoms with Crippen molar-refractivity contribution < 1.29 is 4.79 Å². The first kappa shape index (κ1) is 17.3. The smallest absolute Gasteiger partial charge is 0.319 e. The average Bonchev–Trinajstić information content (AvgIpc) is 3.12. The van der Waals surface area contributed by atoms with E-state index >= 15 is 0 Å². The maximum atomic E-state index is 12.3. The molecule has 2 N–H and O–H groups in total. The molecule has 5 nitrogen and oxygen atoms in total. The first-order chi connectivity index (χ1) is 13.2. The molecular weight excluding hydrogens is 336 g/mol. The number of amides is 2. The van der Waals surface area contributed by atoms with Crippen molar-refractivity contribution in [3.05, 3.63) is 71.7 Å². The monoisotopic (exact) mass is 360 g/mol. The Hall–Kier alpha value is -3.08. The molecule has 0 bridgehead atoms. The fourth-order valence-electron chi connectivity index (χ4n) is 3.47. The summed E-state index contributed by atoms with van der Waals surface area (Å²) in [6.45, 7) is 3.59. The molecule has 0 saturated heterocycles. The molecule has 0 unspecified atom stereocenters. The van der Waals surface area contributed by atoms with Crippen LogP contribution in [0.25, 0.3) is 11.3 Å². The molecule has 2 aromatic carbocycles. The summed E-state index contributed by atoms with van der Waals surface area (Å²) in [5.74, 6) is 1.16. The Balaban J connectivity index is 1.42. The lowest BCUT2D eigenvalue weighted by Crippen LogP contribution is -2.28. The number of benzene rings is 2. The zero-order chi connectivity index (χ0) is 18.6. The predicted molar refractivity (Wildman–Crippen MR) is 108 cm³/mol. The van der Waals surface area contributed by atoms with Gasteiger partial charge in [0.15, 0.2) is 0 Å². The van der Waals surface area contributed by atoms with Crippen molar-refractivity contribution in [2.45, 2.75) is 39.3 Å². The molecule has 1 aliphatic rings. The van der Waals surface area contributed by atoms with Gasteiger partial charge in [-0.05, 0) is 43.0 Å². The lowest BCUT2D eigenvalue weighted by molar-refractivity contribution is 0.251. The van der Waals surface area contributed by atoms with Gasteiger partial charge in [-0.25, -0.2) is 9.78 Å². The van der Waals surface area contributed by atoms with Gasteiger partial charge in [-0.15, -0.1) is 0 Å². The Morgan fingerprint density at radius 1 is 1.15 bits per heavy atom. The number of aromatic nitrogens is 2. The average molecular weight is 360 g/mol. The number of hydrogen-bond acceptors (Lipinski definition) is 2. The number of hydrogen-bond donors (Lipinski definition) is 2. The van der Waals surface area contributed by atoms with Gasteiger partial charge in [-0.1, -0.05) is 36.4 Å². The number of anilines is 1. The van der Waals surface area contributed by atoms with E-state index < -0.39 is 0 Å². The molecular formula is C22H24N4O. The van der Waals surface area contributed by atoms with Gasteiger partial charge in [0.1, 0.15) is 5.82 Å². The molecule has 3 aromatic rings. The Morgan fingerprint density at radius 3 is 2.89 bits per heavy atom. The minimum Gasteiger partial charge on any atom is -0.334 e. The topological polar surface area (TPSA) is 59.0 Å². The first-order valence-corrected chi connectivity index (χ1v) is 9.45. The highest BCUT2D eigenvalue weighted by atomic mass is 16.2. The first-order valence-electron chi connectivity index (χ1n) is 9.45. The van der Waals surface area contributed by atoms with Gasteiger partial charge in [0.25, 0.3) is 0 Å². The summed E-state index contributed by atoms with van der Waals surface area (Å²) in [7, 11) is 0. The Kier molecular flexibility index (Phi) is 4.92. The Morgan fingerprint density at radius 2 is 2.04 bits per heavy atom. The maximum absolute atomic E-state index is 12.3. The number of aryl methyl sites for hydroxylation is 3. The van der Waals surface area contributed by atoms with Crippen LogP contribution in [0.15, 0.2) is 54.7 Å². The summed E-state index contributed by atoms with van der Waals surface area (Å²) in [6.07, 6.45) is 5.58. The molecule has 0 atom stereocenters. The van der Waals surface area contributed by atoms with Crippen molar-refractivity contribution >= 4 is 11.7 Å². The zero-order valence-corrected chi connectivity index (χ0v) is 15.5. The fraction of sp³-hybridized carbons (Fsp3) is 0.273. The highest BCUT2D eigenvalue weighted by Crippen LogP contribution is 2.24. The second kappa shape index (κ2) is 7.66. The van der Waals surface area contributed by atoms with Crippen LogP contribution in [0.4, 0.5) is 10.5 Å². The van der Waals surface area contributed by atoms with Crippen molar-refractivity contribution in [2.75, 3.05) is 5.32 Å². The van der Waals surface area contributed by atoms with E-state index in [1.165, 1.54) is 18.4 Å². The molecule has 0 aliphatic carbocycles. The van der Waals surface area contributed by atoms with Crippen LogP contribution in [-0.4, -0.2) is 15.6 Å². The van der Waals surface area contributed by atoms with E-state index in [0.29, 0.717) is 6.54 Å². The van der Waals surface area contributed by atoms with E-state index in [-0.39, 0.29) is 6.03 Å². The van der Waals surface area contributed by atoms with Crippen LogP contribution in [0.3, 0.4) is 0 Å². The van der Waals surface area contributed by atoms with Gasteiger partial charge in [0.05, 0.1) is 5.69 Å². The maximum Gasteiger partial charge on any atom is 0.319 e. The summed E-state index contributed by atoms with van der Waals surface area (Å²) in [5, 5.41) is 5.84. The normalized spacial score (nSPS) is 13.1. The van der Waals surface area contributed by atoms with Crippen molar-refractivity contribution in [3.8, 4) is 11.3 Å². The highest BCUT2D eigenvalue weighted by molar-refractivity contribution is 5.90. The van der Waals surface area contributed by atoms with Gasteiger partial charge in [-0.3, -0.25) is 0 Å². The number of rotatable bonds is 4. The number of urea groups is 1. The number of nitrogens with one attached hydrogen (secondary N) is 2. The fourth-order valence-corrected chi connectivity index (χ4v) is 3.47. The lowest BCUT2D eigenvalue weighted by atomic mass is 10.1. The molecule has 27 heavy (non-hydrogen) atoms. The van der Waals surface area contributed by atoms with Gasteiger partial charge in [-0.2, -0.15) is 0 Å². The van der Waals surface area contributed by atoms with E-state index in [2.05, 4.69) is 21.4 Å². The molecule has 0 spiro atoms. The number of carbonyl (C=O) groups excluding carboxylic acids is 1. The van der Waals surface area contributed by atoms with Crippen LogP contribution < -0.4 is 10.6 Å². The molecule has 1 aromatic heterocycles. The molecule has 138 valence electrons. The molecule has 5 heteroatoms. The quantitative estimate of drug-likeness (QED) is 0.719. The van der Waals surface area contributed by atoms with Crippen molar-refractivity contribution in [1.82, 2.24) is 14.9 Å². The molecule has 1 aliphatic heterocycles. The summed E-state index contributed by atoms with van der Waals surface area (Å²) in [6, 6.07) is 15.7. The largest absolute Gasteiger partial charge is 0.334 e. The van der Waals surface area contributed by atoms with Crippen LogP contribution >= 0.6 is 0 Å². The summed E-state index contributed by atoms with van der Waals surface area (Å²) in [5.41, 5.74) is 5.04. The van der Waals surface area contributed by atoms with E-state index in [4.69, 9.17) is 4.98 Å². The van der Waals surface area contributed by atoms with Crippen LogP contribution in [-0.2, 0) is 19.5 Å². The third-order valence-corrected chi connectivity index (χ3v) is 5.03. The standard InChI is InChI=1S/C22H24N4O/c1-16-7-2-3-8-18(16)14-23-22(27)24-19-10-6-9-17(13-19)20-15-26-12-5-4-11-21(26)25-20/h2-3,6-10,13,15H,4-5,11-12,14H2,1H3,(H2,23,24,27). The van der Waals surface area contributed by atoms with E-state index in [1.54, 1.807) is 0 Å². The lowest BCUT2D eigenvalue weighted by Gasteiger charge is -2.11. The summed E-state index contributed by atoms with van der Waals surface area (Å²) >= 11 is 0. The van der Waals surface area contributed by atoms with Crippen LogP contribution in [0.2, 0.25) is 0 Å². The second-order valence-electron chi connectivity index (χ2n) is 7.01. The van der Waals surface area contributed by atoms with E-state index in [9.17, 15) is 4.79 Å². The third kappa shape index (κ3) is 4.03. The number of fused-ring (bicyclic) bond motifs is 1. The van der Waals surface area contributed by atoms with Crippen LogP contribution in [0.1, 0.15) is 29.8 Å².